The number of hydrogen-bond donors (Lipinski definition) is 4. The second-order valence-electron chi connectivity index (χ2n) is 11.8. The summed E-state index contributed by atoms with van der Waals surface area (Å²) in [5.74, 6) is 0.233. The lowest BCUT2D eigenvalue weighted by atomic mass is 9.69. The van der Waals surface area contributed by atoms with Crippen LogP contribution in [0.3, 0.4) is 0 Å². The molecule has 1 unspecified atom stereocenters. The molecule has 5 atom stereocenters. The van der Waals surface area contributed by atoms with Gasteiger partial charge in [0.05, 0.1) is 20.1 Å². The Morgan fingerprint density at radius 2 is 1.86 bits per heavy atom. The van der Waals surface area contributed by atoms with E-state index >= 15 is 0 Å². The lowest BCUT2D eigenvalue weighted by Gasteiger charge is -2.54. The van der Waals surface area contributed by atoms with Crippen molar-refractivity contribution in [3.8, 4) is 11.5 Å². The van der Waals surface area contributed by atoms with Crippen molar-refractivity contribution in [1.82, 2.24) is 9.88 Å². The van der Waals surface area contributed by atoms with Crippen LogP contribution in [0.25, 0.3) is 0 Å². The number of amides is 2. The number of carbonyl (C=O) groups is 2. The number of aromatic nitrogens is 1. The predicted molar refractivity (Wildman–Crippen MR) is 163 cm³/mol. The molecule has 3 aliphatic rings. The molecule has 232 valence electrons. The molecule has 2 aromatic carbocycles. The molecule has 0 radical (unpaired) electrons. The van der Waals surface area contributed by atoms with Crippen LogP contribution in [0.1, 0.15) is 36.1 Å². The maximum absolute atomic E-state index is 14.1. The molecule has 0 saturated carbocycles. The van der Waals surface area contributed by atoms with E-state index in [1.54, 1.807) is 18.2 Å². The molecule has 1 fully saturated rings. The Balaban J connectivity index is 1.31. The van der Waals surface area contributed by atoms with Gasteiger partial charge in [-0.15, -0.1) is 0 Å². The number of piperidine rings is 1. The van der Waals surface area contributed by atoms with Crippen LogP contribution in [-0.4, -0.2) is 54.9 Å². The molecule has 44 heavy (non-hydrogen) atoms. The molecule has 6 rings (SSSR count). The van der Waals surface area contributed by atoms with Crippen LogP contribution in [0.5, 0.6) is 11.5 Å². The molecule has 12 nitrogen and oxygen atoms in total. The average molecular weight is 604 g/mol. The highest BCUT2D eigenvalue weighted by Gasteiger charge is 2.49. The van der Waals surface area contributed by atoms with Crippen molar-refractivity contribution in [3.05, 3.63) is 80.9 Å². The monoisotopic (exact) mass is 603 g/mol. The summed E-state index contributed by atoms with van der Waals surface area (Å²) in [6.07, 6.45) is 1.63. The van der Waals surface area contributed by atoms with Crippen molar-refractivity contribution < 1.29 is 29.5 Å². The van der Waals surface area contributed by atoms with Crippen LogP contribution < -0.4 is 35.8 Å². The van der Waals surface area contributed by atoms with Gasteiger partial charge in [-0.3, -0.25) is 14.4 Å². The van der Waals surface area contributed by atoms with Gasteiger partial charge in [0, 0.05) is 73.3 Å². The first-order chi connectivity index (χ1) is 21.2. The molecular weight excluding hydrogens is 566 g/mol. The van der Waals surface area contributed by atoms with E-state index in [2.05, 4.69) is 15.5 Å². The Morgan fingerprint density at radius 1 is 1.09 bits per heavy atom. The number of nitrogens with one attached hydrogen (secondary N) is 3. The third-order valence-corrected chi connectivity index (χ3v) is 9.15. The Labute approximate surface area is 254 Å². The van der Waals surface area contributed by atoms with Gasteiger partial charge in [0.1, 0.15) is 0 Å². The van der Waals surface area contributed by atoms with E-state index in [1.165, 1.54) is 27.2 Å². The van der Waals surface area contributed by atoms with Crippen molar-refractivity contribution in [2.45, 2.75) is 44.7 Å². The van der Waals surface area contributed by atoms with E-state index in [0.717, 1.165) is 23.4 Å². The van der Waals surface area contributed by atoms with Crippen molar-refractivity contribution in [1.29, 1.82) is 0 Å². The average Bonchev–Trinajstić information content (AvgIpc) is 3.00. The van der Waals surface area contributed by atoms with Gasteiger partial charge in [0.2, 0.25) is 11.8 Å². The summed E-state index contributed by atoms with van der Waals surface area (Å²) in [4.78, 5) is 41.0. The first-order valence-electron chi connectivity index (χ1n) is 14.8. The highest BCUT2D eigenvalue weighted by molar-refractivity contribution is 5.89. The van der Waals surface area contributed by atoms with Gasteiger partial charge in [-0.05, 0) is 61.1 Å². The van der Waals surface area contributed by atoms with Crippen LogP contribution >= 0.6 is 0 Å². The van der Waals surface area contributed by atoms with Gasteiger partial charge in [0.25, 0.3) is 5.56 Å². The summed E-state index contributed by atoms with van der Waals surface area (Å²) < 4.78 is 12.5. The Kier molecular flexibility index (Phi) is 8.06. The number of benzene rings is 2. The first kappa shape index (κ1) is 29.7. The largest absolute Gasteiger partial charge is 0.595 e. The van der Waals surface area contributed by atoms with Gasteiger partial charge in [0.15, 0.2) is 17.2 Å². The number of ether oxygens (including phenoxy) is 2. The predicted octanol–water partition coefficient (Wildman–Crippen LogP) is 1.75. The van der Waals surface area contributed by atoms with Gasteiger partial charge >= 0.3 is 0 Å². The van der Waals surface area contributed by atoms with E-state index < -0.39 is 11.1 Å². The summed E-state index contributed by atoms with van der Waals surface area (Å²) in [6.45, 7) is 3.04. The van der Waals surface area contributed by atoms with Crippen LogP contribution in [0, 0.1) is 17.0 Å². The molecular formula is C32H37N5O7. The number of methoxy groups -OCH3 is 2. The zero-order valence-corrected chi connectivity index (χ0v) is 25.0. The maximum Gasteiger partial charge on any atom is 0.250 e. The second-order valence-corrected chi connectivity index (χ2v) is 11.8. The van der Waals surface area contributed by atoms with Gasteiger partial charge < -0.3 is 34.8 Å². The second kappa shape index (κ2) is 11.9. The van der Waals surface area contributed by atoms with Crippen molar-refractivity contribution >= 4 is 28.9 Å². The molecule has 1 aromatic heterocycles. The number of nitrogens with zero attached hydrogens (tertiary/aromatic N) is 2. The lowest BCUT2D eigenvalue weighted by molar-refractivity contribution is -0.991. The standard InChI is InChI=1S/C32H37N5O7/c1-18(38)34-22-7-8-25-21(12-22)13-24(31-23-11-19(17-36(25)31)16-35-26(23)5-4-6-30(35)39)32(40)33-10-9-20-14-28(43-2)29(44-3)15-27(20)37(41)42/h4-8,12,14-15,19,23-24,31,37,41H,9-11,13,16-17H2,1-3H3,(H,33,40)(H,34,38)/t19-,23+,24+,31+/m0/s1. The first-order valence-corrected chi connectivity index (χ1v) is 14.8. The van der Waals surface area contributed by atoms with Crippen molar-refractivity contribution in [2.24, 2.45) is 11.8 Å². The minimum absolute atomic E-state index is 0.0141. The number of carbonyl (C=O) groups excluding carboxylic acids is 2. The fraction of sp³-hybridized carbons (Fsp3) is 0.406. The van der Waals surface area contributed by atoms with Crippen LogP contribution in [0.4, 0.5) is 17.1 Å². The molecule has 3 aliphatic heterocycles. The normalized spacial score (nSPS) is 22.2. The van der Waals surface area contributed by atoms with E-state index in [9.17, 15) is 24.8 Å². The molecule has 0 spiro atoms. The number of anilines is 2. The molecule has 3 aromatic rings. The van der Waals surface area contributed by atoms with Gasteiger partial charge in [-0.1, -0.05) is 6.07 Å². The molecule has 2 amide bonds. The van der Waals surface area contributed by atoms with Crippen molar-refractivity contribution in [3.63, 3.8) is 0 Å². The van der Waals surface area contributed by atoms with Crippen molar-refractivity contribution in [2.75, 3.05) is 37.5 Å². The van der Waals surface area contributed by atoms with Gasteiger partial charge in [-0.25, -0.2) is 5.21 Å². The number of rotatable bonds is 8. The summed E-state index contributed by atoms with van der Waals surface area (Å²) in [6, 6.07) is 14.1. The number of hydrogen-bond acceptors (Lipinski definition) is 8. The van der Waals surface area contributed by atoms with E-state index in [0.29, 0.717) is 42.3 Å². The molecule has 12 heteroatoms. The Hall–Kier alpha value is -4.39. The summed E-state index contributed by atoms with van der Waals surface area (Å²) in [5.41, 5.74) is 4.24. The SMILES string of the molecule is COc1cc(CCNC(=O)[C@@H]2Cc3cc(NC(C)=O)ccc3N3C[C@H]4C[C@H](c5cccc(=O)n5C4)[C@H]23)c([NH+]([O-])O)cc1OC. The highest BCUT2D eigenvalue weighted by Crippen LogP contribution is 2.48. The fourth-order valence-corrected chi connectivity index (χ4v) is 7.38. The minimum atomic E-state index is -1.09. The molecule has 1 saturated heterocycles. The zero-order valence-electron chi connectivity index (χ0n) is 25.0. The number of pyridine rings is 1. The Morgan fingerprint density at radius 3 is 2.59 bits per heavy atom. The molecule has 4 N–H and O–H groups in total. The number of fused-ring (bicyclic) bond motifs is 8. The topological polar surface area (TPSA) is 150 Å². The highest BCUT2D eigenvalue weighted by atomic mass is 16.8. The zero-order chi connectivity index (χ0) is 31.1. The Bertz CT molecular complexity index is 1650. The molecule has 2 bridgehead atoms. The van der Waals surface area contributed by atoms with Gasteiger partial charge in [-0.2, -0.15) is 5.23 Å². The molecule has 0 aliphatic carbocycles. The summed E-state index contributed by atoms with van der Waals surface area (Å²) in [7, 11) is 2.93. The van der Waals surface area contributed by atoms with Crippen LogP contribution in [0.15, 0.2) is 53.3 Å². The smallest absolute Gasteiger partial charge is 0.250 e. The van der Waals surface area contributed by atoms with Crippen LogP contribution in [-0.2, 0) is 29.0 Å². The summed E-state index contributed by atoms with van der Waals surface area (Å²) >= 11 is 0. The maximum atomic E-state index is 14.1. The third kappa shape index (κ3) is 5.40. The lowest BCUT2D eigenvalue weighted by Crippen LogP contribution is -2.99. The van der Waals surface area contributed by atoms with E-state index in [1.807, 2.05) is 28.8 Å². The summed E-state index contributed by atoms with van der Waals surface area (Å²) in [5, 5.41) is 26.6. The van der Waals surface area contributed by atoms with Crippen LogP contribution in [0.2, 0.25) is 0 Å². The van der Waals surface area contributed by atoms with E-state index in [4.69, 9.17) is 9.47 Å². The number of quaternary nitrogens is 1. The quantitative estimate of drug-likeness (QED) is 0.285. The molecule has 4 heterocycles. The third-order valence-electron chi connectivity index (χ3n) is 9.15. The minimum Gasteiger partial charge on any atom is -0.595 e. The van der Waals surface area contributed by atoms with E-state index in [-0.39, 0.29) is 53.9 Å². The fourth-order valence-electron chi connectivity index (χ4n) is 7.38.